The molecule has 0 spiro atoms. The van der Waals surface area contributed by atoms with E-state index in [9.17, 15) is 10.1 Å². The first-order valence-corrected chi connectivity index (χ1v) is 11.4. The number of carbonyl (C=O) groups excluding carboxylic acids is 1. The van der Waals surface area contributed by atoms with Crippen molar-refractivity contribution in [2.75, 3.05) is 24.5 Å². The van der Waals surface area contributed by atoms with E-state index >= 15 is 0 Å². The minimum Gasteiger partial charge on any atom is -0.444 e. The summed E-state index contributed by atoms with van der Waals surface area (Å²) in [7, 11) is 0. The zero-order chi connectivity index (χ0) is 23.0. The van der Waals surface area contributed by atoms with Crippen LogP contribution in [0.15, 0.2) is 24.4 Å². The average molecular weight is 454 g/mol. The number of ether oxygens (including phenoxy) is 1. The molecular formula is C24H28ClN5O2. The number of hydrogen-bond acceptors (Lipinski definition) is 6. The lowest BCUT2D eigenvalue weighted by Gasteiger charge is -2.41. The van der Waals surface area contributed by atoms with Gasteiger partial charge in [-0.2, -0.15) is 5.26 Å². The van der Waals surface area contributed by atoms with Crippen molar-refractivity contribution in [3.05, 3.63) is 40.8 Å². The van der Waals surface area contributed by atoms with Gasteiger partial charge in [0.05, 0.1) is 11.3 Å². The number of anilines is 1. The third-order valence-corrected chi connectivity index (χ3v) is 5.92. The Morgan fingerprint density at radius 1 is 1.28 bits per heavy atom. The van der Waals surface area contributed by atoms with E-state index < -0.39 is 5.60 Å². The fourth-order valence-electron chi connectivity index (χ4n) is 4.05. The third kappa shape index (κ3) is 4.81. The molecule has 1 saturated carbocycles. The summed E-state index contributed by atoms with van der Waals surface area (Å²) >= 11 is 6.12. The fraction of sp³-hybridized carbons (Fsp3) is 0.500. The van der Waals surface area contributed by atoms with Crippen LogP contribution in [0.2, 0.25) is 5.15 Å². The Labute approximate surface area is 194 Å². The average Bonchev–Trinajstić information content (AvgIpc) is 3.56. The number of hydrogen-bond donors (Lipinski definition) is 0. The van der Waals surface area contributed by atoms with Crippen molar-refractivity contribution in [1.29, 1.82) is 5.26 Å². The predicted octanol–water partition coefficient (Wildman–Crippen LogP) is 4.99. The summed E-state index contributed by atoms with van der Waals surface area (Å²) in [5.41, 5.74) is 2.86. The smallest absolute Gasteiger partial charge is 0.410 e. The van der Waals surface area contributed by atoms with Gasteiger partial charge in [0.1, 0.15) is 22.6 Å². The number of halogens is 1. The van der Waals surface area contributed by atoms with Crippen LogP contribution in [0.4, 0.5) is 10.6 Å². The van der Waals surface area contributed by atoms with Gasteiger partial charge < -0.3 is 14.5 Å². The molecule has 1 amide bonds. The number of aromatic nitrogens is 2. The van der Waals surface area contributed by atoms with Crippen LogP contribution in [-0.4, -0.2) is 52.2 Å². The summed E-state index contributed by atoms with van der Waals surface area (Å²) in [5, 5.41) is 10.3. The number of rotatable bonds is 3. The van der Waals surface area contributed by atoms with Crippen molar-refractivity contribution in [3.8, 4) is 17.2 Å². The molecule has 2 aromatic rings. The van der Waals surface area contributed by atoms with E-state index in [4.69, 9.17) is 21.3 Å². The van der Waals surface area contributed by atoms with E-state index in [1.54, 1.807) is 11.1 Å². The Kier molecular flexibility index (Phi) is 6.00. The zero-order valence-corrected chi connectivity index (χ0v) is 19.7. The molecule has 4 rings (SSSR count). The van der Waals surface area contributed by atoms with Gasteiger partial charge in [-0.25, -0.2) is 14.8 Å². The van der Waals surface area contributed by atoms with E-state index in [2.05, 4.69) is 16.0 Å². The highest BCUT2D eigenvalue weighted by Gasteiger charge is 2.34. The molecule has 2 fully saturated rings. The molecule has 32 heavy (non-hydrogen) atoms. The Morgan fingerprint density at radius 3 is 2.62 bits per heavy atom. The molecule has 2 aliphatic rings. The van der Waals surface area contributed by atoms with Crippen LogP contribution in [0.1, 0.15) is 57.7 Å². The second-order valence-electron chi connectivity index (χ2n) is 9.51. The van der Waals surface area contributed by atoms with Crippen molar-refractivity contribution < 1.29 is 9.53 Å². The summed E-state index contributed by atoms with van der Waals surface area (Å²) in [6, 6.07) is 7.90. The third-order valence-electron chi connectivity index (χ3n) is 5.71. The molecule has 0 aromatic carbocycles. The Balaban J connectivity index is 1.63. The van der Waals surface area contributed by atoms with Crippen molar-refractivity contribution >= 4 is 23.5 Å². The molecule has 3 heterocycles. The van der Waals surface area contributed by atoms with Crippen LogP contribution >= 0.6 is 11.6 Å². The van der Waals surface area contributed by atoms with Gasteiger partial charge in [-0.3, -0.25) is 0 Å². The highest BCUT2D eigenvalue weighted by atomic mass is 35.5. The first-order valence-electron chi connectivity index (χ1n) is 11.0. The van der Waals surface area contributed by atoms with E-state index in [0.29, 0.717) is 42.1 Å². The molecule has 1 aliphatic heterocycles. The molecule has 7 nitrogen and oxygen atoms in total. The van der Waals surface area contributed by atoms with Crippen molar-refractivity contribution in [2.45, 2.75) is 58.1 Å². The molecule has 8 heteroatoms. The van der Waals surface area contributed by atoms with Gasteiger partial charge in [-0.15, -0.1) is 0 Å². The number of piperazine rings is 1. The minimum absolute atomic E-state index is 0.0602. The van der Waals surface area contributed by atoms with Gasteiger partial charge in [0.15, 0.2) is 0 Å². The summed E-state index contributed by atoms with van der Waals surface area (Å²) in [6.07, 6.45) is 3.55. The van der Waals surface area contributed by atoms with E-state index in [1.807, 2.05) is 45.9 Å². The molecule has 1 atom stereocenters. The van der Waals surface area contributed by atoms with E-state index in [1.165, 1.54) is 0 Å². The monoisotopic (exact) mass is 453 g/mol. The van der Waals surface area contributed by atoms with Crippen LogP contribution in [0.5, 0.6) is 0 Å². The molecule has 0 bridgehead atoms. The quantitative estimate of drug-likeness (QED) is 0.608. The van der Waals surface area contributed by atoms with Crippen LogP contribution in [-0.2, 0) is 4.74 Å². The fourth-order valence-corrected chi connectivity index (χ4v) is 4.23. The molecule has 168 valence electrons. The van der Waals surface area contributed by atoms with Gasteiger partial charge >= 0.3 is 6.09 Å². The first-order chi connectivity index (χ1) is 15.2. The Hall–Kier alpha value is -2.85. The standard InChI is InChI=1S/C24H28ClN5O2/c1-15-14-29(9-10-30(15)23(31)32-24(2,3)4)22-18(13-26)11-19(21(28-22)16-5-6-16)17-7-8-27-20(25)12-17/h7-8,11-12,15-16H,5-6,9-10,14H2,1-4H3. The van der Waals surface area contributed by atoms with Crippen LogP contribution < -0.4 is 4.90 Å². The van der Waals surface area contributed by atoms with Crippen LogP contribution in [0.25, 0.3) is 11.1 Å². The van der Waals surface area contributed by atoms with Crippen molar-refractivity contribution in [1.82, 2.24) is 14.9 Å². The maximum absolute atomic E-state index is 12.6. The summed E-state index contributed by atoms with van der Waals surface area (Å²) in [5.74, 6) is 1.08. The summed E-state index contributed by atoms with van der Waals surface area (Å²) < 4.78 is 5.55. The predicted molar refractivity (Wildman–Crippen MR) is 124 cm³/mol. The van der Waals surface area contributed by atoms with Gasteiger partial charge in [-0.1, -0.05) is 11.6 Å². The molecule has 1 unspecified atom stereocenters. The largest absolute Gasteiger partial charge is 0.444 e. The molecule has 1 saturated heterocycles. The highest BCUT2D eigenvalue weighted by molar-refractivity contribution is 6.29. The van der Waals surface area contributed by atoms with Crippen LogP contribution in [0.3, 0.4) is 0 Å². The normalized spacial score (nSPS) is 18.9. The van der Waals surface area contributed by atoms with Gasteiger partial charge in [0.2, 0.25) is 0 Å². The second kappa shape index (κ2) is 8.59. The summed E-state index contributed by atoms with van der Waals surface area (Å²) in [6.45, 7) is 9.30. The van der Waals surface area contributed by atoms with Gasteiger partial charge in [0, 0.05) is 43.4 Å². The van der Waals surface area contributed by atoms with E-state index in [0.717, 1.165) is 29.7 Å². The first kappa shape index (κ1) is 22.3. The molecular weight excluding hydrogens is 426 g/mol. The molecule has 0 radical (unpaired) electrons. The molecule has 1 aliphatic carbocycles. The SMILES string of the molecule is CC1CN(c2nc(C3CC3)c(-c3ccnc(Cl)c3)cc2C#N)CCN1C(=O)OC(C)(C)C. The number of pyridine rings is 2. The minimum atomic E-state index is -0.533. The summed E-state index contributed by atoms with van der Waals surface area (Å²) in [4.78, 5) is 25.5. The number of nitriles is 1. The van der Waals surface area contributed by atoms with Gasteiger partial charge in [0.25, 0.3) is 0 Å². The lowest BCUT2D eigenvalue weighted by atomic mass is 10.00. The van der Waals surface area contributed by atoms with Crippen LogP contribution in [0, 0.1) is 11.3 Å². The van der Waals surface area contributed by atoms with Crippen molar-refractivity contribution in [2.24, 2.45) is 0 Å². The molecule has 0 N–H and O–H groups in total. The maximum Gasteiger partial charge on any atom is 0.410 e. The lowest BCUT2D eigenvalue weighted by Crippen LogP contribution is -2.55. The number of carbonyl (C=O) groups is 1. The molecule has 2 aromatic heterocycles. The lowest BCUT2D eigenvalue weighted by molar-refractivity contribution is 0.0158. The maximum atomic E-state index is 12.6. The van der Waals surface area contributed by atoms with Crippen molar-refractivity contribution in [3.63, 3.8) is 0 Å². The van der Waals surface area contributed by atoms with Gasteiger partial charge in [-0.05, 0) is 64.3 Å². The second-order valence-corrected chi connectivity index (χ2v) is 9.90. The Bertz CT molecular complexity index is 1070. The topological polar surface area (TPSA) is 82.4 Å². The number of nitrogens with zero attached hydrogens (tertiary/aromatic N) is 5. The zero-order valence-electron chi connectivity index (χ0n) is 18.9. The Morgan fingerprint density at radius 2 is 2.03 bits per heavy atom. The van der Waals surface area contributed by atoms with E-state index in [-0.39, 0.29) is 12.1 Å². The number of amides is 1. The highest BCUT2D eigenvalue weighted by Crippen LogP contribution is 2.45.